The van der Waals surface area contributed by atoms with Gasteiger partial charge in [0.25, 0.3) is 5.56 Å². The molecule has 7 rings (SSSR count). The second-order valence-electron chi connectivity index (χ2n) is 11.8. The van der Waals surface area contributed by atoms with Gasteiger partial charge in [0, 0.05) is 73.2 Å². The summed E-state index contributed by atoms with van der Waals surface area (Å²) in [6.07, 6.45) is 5.62. The van der Waals surface area contributed by atoms with Crippen molar-refractivity contribution < 1.29 is 9.47 Å². The fraction of sp³-hybridized carbons (Fsp3) is 0.343. The molecular formula is C35H37ClN4O3. The van der Waals surface area contributed by atoms with E-state index in [2.05, 4.69) is 68.6 Å². The first kappa shape index (κ1) is 28.0. The summed E-state index contributed by atoms with van der Waals surface area (Å²) in [5, 5.41) is 4.59. The SMILES string of the molecule is O=c1[nH]cccc1N1CCOC(c2cccc3c2Oc2ccc(NC4CCN(CCc5ccc(Cl)cc5)CC4)cc2C3)C1. The molecule has 43 heavy (non-hydrogen) atoms. The summed E-state index contributed by atoms with van der Waals surface area (Å²) >= 11 is 6.03. The van der Waals surface area contributed by atoms with Gasteiger partial charge >= 0.3 is 0 Å². The largest absolute Gasteiger partial charge is 0.456 e. The normalized spacial score (nSPS) is 18.9. The number of anilines is 2. The number of fused-ring (bicyclic) bond motifs is 2. The zero-order valence-electron chi connectivity index (χ0n) is 24.2. The Morgan fingerprint density at radius 1 is 0.953 bits per heavy atom. The fourth-order valence-corrected chi connectivity index (χ4v) is 6.66. The molecule has 1 atom stereocenters. The van der Waals surface area contributed by atoms with Crippen LogP contribution in [-0.4, -0.2) is 55.3 Å². The number of likely N-dealkylation sites (tertiary alicyclic amines) is 1. The maximum atomic E-state index is 12.4. The molecule has 0 radical (unpaired) electrons. The number of H-pyrrole nitrogens is 1. The van der Waals surface area contributed by atoms with Gasteiger partial charge in [0.05, 0.1) is 6.61 Å². The Balaban J connectivity index is 0.974. The van der Waals surface area contributed by atoms with Crippen molar-refractivity contribution in [2.75, 3.05) is 49.5 Å². The van der Waals surface area contributed by atoms with Gasteiger partial charge in [-0.25, -0.2) is 0 Å². The zero-order valence-corrected chi connectivity index (χ0v) is 25.0. The van der Waals surface area contributed by atoms with Gasteiger partial charge in [-0.2, -0.15) is 0 Å². The number of hydrogen-bond donors (Lipinski definition) is 2. The number of morpholine rings is 1. The van der Waals surface area contributed by atoms with Crippen LogP contribution in [0.3, 0.4) is 0 Å². The van der Waals surface area contributed by atoms with E-state index in [1.54, 1.807) is 6.20 Å². The third-order valence-corrected chi connectivity index (χ3v) is 9.17. The first-order valence-corrected chi connectivity index (χ1v) is 15.7. The summed E-state index contributed by atoms with van der Waals surface area (Å²) in [4.78, 5) is 19.9. The molecule has 0 spiro atoms. The van der Waals surface area contributed by atoms with Crippen LogP contribution < -0.4 is 20.5 Å². The number of benzene rings is 3. The Labute approximate surface area is 257 Å². The van der Waals surface area contributed by atoms with Gasteiger partial charge in [-0.05, 0) is 72.9 Å². The Bertz CT molecular complexity index is 1630. The van der Waals surface area contributed by atoms with Crippen molar-refractivity contribution >= 4 is 23.0 Å². The van der Waals surface area contributed by atoms with E-state index in [0.717, 1.165) is 78.7 Å². The second-order valence-corrected chi connectivity index (χ2v) is 12.2. The van der Waals surface area contributed by atoms with E-state index in [1.165, 1.54) is 11.1 Å². The van der Waals surface area contributed by atoms with Crippen LogP contribution in [0.25, 0.3) is 0 Å². The molecule has 0 aliphatic carbocycles. The number of aromatic nitrogens is 1. The molecule has 3 aliphatic rings. The molecule has 8 heteroatoms. The van der Waals surface area contributed by atoms with Crippen LogP contribution in [0.2, 0.25) is 5.02 Å². The Hall–Kier alpha value is -3.78. The highest BCUT2D eigenvalue weighted by Gasteiger charge is 2.29. The number of ether oxygens (including phenoxy) is 2. The monoisotopic (exact) mass is 596 g/mol. The molecule has 0 bridgehead atoms. The van der Waals surface area contributed by atoms with Gasteiger partial charge < -0.3 is 29.6 Å². The van der Waals surface area contributed by atoms with Crippen LogP contribution in [0.4, 0.5) is 11.4 Å². The van der Waals surface area contributed by atoms with E-state index in [1.807, 2.05) is 24.3 Å². The van der Waals surface area contributed by atoms with Crippen LogP contribution in [0.1, 0.15) is 41.2 Å². The van der Waals surface area contributed by atoms with Gasteiger partial charge in [-0.1, -0.05) is 41.9 Å². The van der Waals surface area contributed by atoms with Crippen molar-refractivity contribution in [1.82, 2.24) is 9.88 Å². The Morgan fingerprint density at radius 3 is 2.65 bits per heavy atom. The third kappa shape index (κ3) is 6.30. The van der Waals surface area contributed by atoms with Gasteiger partial charge in [0.15, 0.2) is 0 Å². The second kappa shape index (κ2) is 12.4. The van der Waals surface area contributed by atoms with Crippen LogP contribution in [0.5, 0.6) is 11.5 Å². The summed E-state index contributed by atoms with van der Waals surface area (Å²) in [6.45, 7) is 5.13. The molecular weight excluding hydrogens is 560 g/mol. The predicted octanol–water partition coefficient (Wildman–Crippen LogP) is 6.42. The summed E-state index contributed by atoms with van der Waals surface area (Å²) in [7, 11) is 0. The molecule has 7 nitrogen and oxygen atoms in total. The summed E-state index contributed by atoms with van der Waals surface area (Å²) in [5.41, 5.74) is 6.48. The lowest BCUT2D eigenvalue weighted by Crippen LogP contribution is -2.41. The maximum absolute atomic E-state index is 12.4. The van der Waals surface area contributed by atoms with Crippen molar-refractivity contribution in [2.24, 2.45) is 0 Å². The highest BCUT2D eigenvalue weighted by molar-refractivity contribution is 6.30. The van der Waals surface area contributed by atoms with E-state index in [4.69, 9.17) is 21.1 Å². The molecule has 1 aromatic heterocycles. The minimum atomic E-state index is -0.178. The number of hydrogen-bond acceptors (Lipinski definition) is 6. The first-order valence-electron chi connectivity index (χ1n) is 15.3. The zero-order chi connectivity index (χ0) is 29.2. The van der Waals surface area contributed by atoms with E-state index in [9.17, 15) is 4.79 Å². The summed E-state index contributed by atoms with van der Waals surface area (Å²) in [6, 6.07) is 25.2. The van der Waals surface area contributed by atoms with E-state index in [-0.39, 0.29) is 11.7 Å². The number of rotatable bonds is 7. The van der Waals surface area contributed by atoms with E-state index < -0.39 is 0 Å². The van der Waals surface area contributed by atoms with Crippen molar-refractivity contribution in [3.8, 4) is 11.5 Å². The molecule has 4 aromatic rings. The van der Waals surface area contributed by atoms with Crippen LogP contribution in [0, 0.1) is 0 Å². The third-order valence-electron chi connectivity index (χ3n) is 8.92. The average molecular weight is 597 g/mol. The molecule has 0 amide bonds. The Morgan fingerprint density at radius 2 is 1.81 bits per heavy atom. The Kier molecular flexibility index (Phi) is 8.11. The number of aromatic amines is 1. The minimum Gasteiger partial charge on any atom is -0.456 e. The number of para-hydroxylation sites is 1. The van der Waals surface area contributed by atoms with Crippen molar-refractivity contribution in [3.05, 3.63) is 117 Å². The van der Waals surface area contributed by atoms with Gasteiger partial charge in [-0.15, -0.1) is 0 Å². The van der Waals surface area contributed by atoms with E-state index >= 15 is 0 Å². The van der Waals surface area contributed by atoms with Crippen LogP contribution in [0.15, 0.2) is 83.8 Å². The van der Waals surface area contributed by atoms with Crippen molar-refractivity contribution in [2.45, 2.75) is 37.8 Å². The quantitative estimate of drug-likeness (QED) is 0.226. The lowest BCUT2D eigenvalue weighted by Gasteiger charge is -2.35. The first-order chi connectivity index (χ1) is 21.1. The highest BCUT2D eigenvalue weighted by atomic mass is 35.5. The van der Waals surface area contributed by atoms with Crippen molar-refractivity contribution in [1.29, 1.82) is 0 Å². The van der Waals surface area contributed by atoms with Gasteiger partial charge in [-0.3, -0.25) is 4.79 Å². The molecule has 3 aliphatic heterocycles. The highest BCUT2D eigenvalue weighted by Crippen LogP contribution is 2.43. The van der Waals surface area contributed by atoms with E-state index in [0.29, 0.717) is 31.4 Å². The summed E-state index contributed by atoms with van der Waals surface area (Å²) in [5.74, 6) is 1.78. The van der Waals surface area contributed by atoms with Crippen LogP contribution in [-0.2, 0) is 17.6 Å². The van der Waals surface area contributed by atoms with Crippen LogP contribution >= 0.6 is 11.6 Å². The molecule has 2 fully saturated rings. The maximum Gasteiger partial charge on any atom is 0.271 e. The van der Waals surface area contributed by atoms with Gasteiger partial charge in [0.2, 0.25) is 0 Å². The molecule has 4 heterocycles. The average Bonchev–Trinajstić information content (AvgIpc) is 3.04. The number of pyridine rings is 1. The standard InChI is InChI=1S/C35H37ClN4O3/c36-27-8-6-24(7-9-27)12-16-39-17-13-28(14-18-39)38-29-10-11-32-26(22-29)21-25-3-1-4-30(34(25)43-32)33-23-40(19-20-42-33)31-5-2-15-37-35(31)41/h1-11,15,22,28,33,38H,12-14,16-21,23H2,(H,37,41). The van der Waals surface area contributed by atoms with Gasteiger partial charge in [0.1, 0.15) is 23.3 Å². The van der Waals surface area contributed by atoms with Crippen molar-refractivity contribution in [3.63, 3.8) is 0 Å². The molecule has 1 unspecified atom stereocenters. The lowest BCUT2D eigenvalue weighted by atomic mass is 9.95. The molecule has 2 N–H and O–H groups in total. The minimum absolute atomic E-state index is 0.0764. The number of nitrogens with zero attached hydrogens (tertiary/aromatic N) is 2. The summed E-state index contributed by atoms with van der Waals surface area (Å²) < 4.78 is 12.8. The predicted molar refractivity (Wildman–Crippen MR) is 172 cm³/mol. The smallest absolute Gasteiger partial charge is 0.271 e. The number of halogens is 1. The molecule has 2 saturated heterocycles. The molecule has 222 valence electrons. The lowest BCUT2D eigenvalue weighted by molar-refractivity contribution is 0.0383. The topological polar surface area (TPSA) is 69.8 Å². The fourth-order valence-electron chi connectivity index (χ4n) is 6.54. The number of nitrogens with one attached hydrogen (secondary N) is 2. The molecule has 0 saturated carbocycles. The number of piperidine rings is 1. The molecule has 3 aromatic carbocycles.